The molecule has 0 atom stereocenters. The van der Waals surface area contributed by atoms with E-state index < -0.39 is 0 Å². The van der Waals surface area contributed by atoms with E-state index >= 15 is 0 Å². The molecule has 0 bridgehead atoms. The van der Waals surface area contributed by atoms with Gasteiger partial charge in [0.1, 0.15) is 0 Å². The zero-order valence-corrected chi connectivity index (χ0v) is 10.6. The molecule has 2 N–H and O–H groups in total. The van der Waals surface area contributed by atoms with Gasteiger partial charge in [0.15, 0.2) is 5.69 Å². The van der Waals surface area contributed by atoms with Gasteiger partial charge in [-0.15, -0.1) is 0 Å². The molecule has 1 aliphatic carbocycles. The molecule has 2 heterocycles. The van der Waals surface area contributed by atoms with Crippen LogP contribution in [0, 0.1) is 0 Å². The molecule has 5 heteroatoms. The Balaban J connectivity index is 1.69. The fourth-order valence-electron chi connectivity index (χ4n) is 2.44. The third-order valence-electron chi connectivity index (χ3n) is 3.45. The van der Waals surface area contributed by atoms with Crippen molar-refractivity contribution in [2.45, 2.75) is 32.2 Å². The summed E-state index contributed by atoms with van der Waals surface area (Å²) in [6.45, 7) is 0.480. The number of pyridine rings is 1. The van der Waals surface area contributed by atoms with Crippen LogP contribution in [0.5, 0.6) is 0 Å². The minimum Gasteiger partial charge on any atom is -0.346 e. The van der Waals surface area contributed by atoms with Crippen molar-refractivity contribution in [2.24, 2.45) is 0 Å². The normalized spacial score (nSPS) is 13.9. The van der Waals surface area contributed by atoms with E-state index in [2.05, 4.69) is 20.5 Å². The largest absolute Gasteiger partial charge is 0.346 e. The van der Waals surface area contributed by atoms with E-state index in [1.165, 1.54) is 6.42 Å². The van der Waals surface area contributed by atoms with E-state index in [0.717, 1.165) is 36.1 Å². The number of H-pyrrole nitrogens is 1. The van der Waals surface area contributed by atoms with Gasteiger partial charge in [-0.25, -0.2) is 0 Å². The molecule has 2 aromatic heterocycles. The predicted octanol–water partition coefficient (Wildman–Crippen LogP) is 1.61. The second-order valence-corrected chi connectivity index (χ2v) is 4.78. The molecule has 98 valence electrons. The number of aryl methyl sites for hydroxylation is 1. The van der Waals surface area contributed by atoms with Gasteiger partial charge in [0.2, 0.25) is 0 Å². The van der Waals surface area contributed by atoms with Gasteiger partial charge in [0.05, 0.1) is 0 Å². The number of nitrogens with zero attached hydrogens (tertiary/aromatic N) is 2. The Kier molecular flexibility index (Phi) is 3.27. The third kappa shape index (κ3) is 2.50. The number of rotatable bonds is 3. The van der Waals surface area contributed by atoms with Crippen LogP contribution in [0.1, 0.15) is 40.2 Å². The van der Waals surface area contributed by atoms with Gasteiger partial charge in [-0.1, -0.05) is 6.07 Å². The van der Waals surface area contributed by atoms with Crippen molar-refractivity contribution >= 4 is 5.91 Å². The first-order valence-electron chi connectivity index (χ1n) is 6.58. The smallest absolute Gasteiger partial charge is 0.272 e. The Bertz CT molecular complexity index is 576. The van der Waals surface area contributed by atoms with Crippen molar-refractivity contribution < 1.29 is 4.79 Å². The second kappa shape index (κ2) is 5.22. The summed E-state index contributed by atoms with van der Waals surface area (Å²) in [5, 5.41) is 10.0. The summed E-state index contributed by atoms with van der Waals surface area (Å²) in [4.78, 5) is 16.2. The lowest BCUT2D eigenvalue weighted by Crippen LogP contribution is -2.24. The predicted molar refractivity (Wildman–Crippen MR) is 70.6 cm³/mol. The monoisotopic (exact) mass is 256 g/mol. The number of carbonyl (C=O) groups is 1. The highest BCUT2D eigenvalue weighted by atomic mass is 16.1. The van der Waals surface area contributed by atoms with Crippen molar-refractivity contribution in [2.75, 3.05) is 0 Å². The minimum atomic E-state index is -0.108. The van der Waals surface area contributed by atoms with Crippen LogP contribution in [0.2, 0.25) is 0 Å². The number of hydrogen-bond donors (Lipinski definition) is 2. The average Bonchev–Trinajstić information content (AvgIpc) is 2.90. The molecule has 19 heavy (non-hydrogen) atoms. The number of hydrogen-bond acceptors (Lipinski definition) is 3. The van der Waals surface area contributed by atoms with Crippen molar-refractivity contribution in [1.82, 2.24) is 20.5 Å². The van der Waals surface area contributed by atoms with Gasteiger partial charge < -0.3 is 5.32 Å². The molecular formula is C14H16N4O. The first-order chi connectivity index (χ1) is 9.34. The topological polar surface area (TPSA) is 70.7 Å². The Morgan fingerprint density at radius 2 is 2.26 bits per heavy atom. The van der Waals surface area contributed by atoms with Gasteiger partial charge in [0.25, 0.3) is 5.91 Å². The van der Waals surface area contributed by atoms with Gasteiger partial charge >= 0.3 is 0 Å². The summed E-state index contributed by atoms with van der Waals surface area (Å²) < 4.78 is 0. The summed E-state index contributed by atoms with van der Waals surface area (Å²) in [6, 6.07) is 3.80. The molecule has 0 unspecified atom stereocenters. The lowest BCUT2D eigenvalue weighted by Gasteiger charge is -2.11. The zero-order valence-electron chi connectivity index (χ0n) is 10.6. The summed E-state index contributed by atoms with van der Waals surface area (Å²) in [5.74, 6) is -0.108. The Labute approximate surface area is 111 Å². The van der Waals surface area contributed by atoms with Crippen LogP contribution in [0.25, 0.3) is 0 Å². The van der Waals surface area contributed by atoms with Crippen molar-refractivity contribution in [3.05, 3.63) is 47.0 Å². The van der Waals surface area contributed by atoms with Crippen LogP contribution < -0.4 is 5.32 Å². The molecule has 0 radical (unpaired) electrons. The summed E-state index contributed by atoms with van der Waals surface area (Å²) >= 11 is 0. The number of aromatic nitrogens is 3. The molecule has 2 aromatic rings. The highest BCUT2D eigenvalue weighted by molar-refractivity contribution is 5.94. The van der Waals surface area contributed by atoms with Gasteiger partial charge in [0, 0.05) is 30.2 Å². The minimum absolute atomic E-state index is 0.108. The highest BCUT2D eigenvalue weighted by Crippen LogP contribution is 2.21. The number of fused-ring (bicyclic) bond motifs is 1. The van der Waals surface area contributed by atoms with Gasteiger partial charge in [-0.3, -0.25) is 14.9 Å². The van der Waals surface area contributed by atoms with Crippen LogP contribution in [0.15, 0.2) is 24.5 Å². The maximum Gasteiger partial charge on any atom is 0.272 e. The van der Waals surface area contributed by atoms with Gasteiger partial charge in [-0.05, 0) is 37.3 Å². The van der Waals surface area contributed by atoms with Crippen molar-refractivity contribution in [3.63, 3.8) is 0 Å². The Morgan fingerprint density at radius 3 is 3.11 bits per heavy atom. The zero-order chi connectivity index (χ0) is 13.1. The molecule has 0 saturated carbocycles. The van der Waals surface area contributed by atoms with E-state index in [0.29, 0.717) is 12.2 Å². The maximum absolute atomic E-state index is 12.1. The maximum atomic E-state index is 12.1. The van der Waals surface area contributed by atoms with E-state index in [9.17, 15) is 4.79 Å². The number of amides is 1. The molecule has 1 amide bonds. The fourth-order valence-corrected chi connectivity index (χ4v) is 2.44. The second-order valence-electron chi connectivity index (χ2n) is 4.78. The summed E-state index contributed by atoms with van der Waals surface area (Å²) in [5.41, 5.74) is 3.76. The molecule has 0 fully saturated rings. The van der Waals surface area contributed by atoms with E-state index in [-0.39, 0.29) is 5.91 Å². The van der Waals surface area contributed by atoms with Crippen molar-refractivity contribution in [3.8, 4) is 0 Å². The van der Waals surface area contributed by atoms with E-state index in [1.807, 2.05) is 12.1 Å². The van der Waals surface area contributed by atoms with E-state index in [1.54, 1.807) is 12.4 Å². The highest BCUT2D eigenvalue weighted by Gasteiger charge is 2.21. The molecular weight excluding hydrogens is 240 g/mol. The van der Waals surface area contributed by atoms with Gasteiger partial charge in [-0.2, -0.15) is 5.10 Å². The van der Waals surface area contributed by atoms with Crippen LogP contribution in [-0.2, 0) is 19.4 Å². The fraction of sp³-hybridized carbons (Fsp3) is 0.357. The number of carbonyl (C=O) groups excluding carboxylic acids is 1. The molecule has 0 aliphatic heterocycles. The first kappa shape index (κ1) is 11.9. The SMILES string of the molecule is O=C(NCc1cccnc1)c1n[nH]c2c1CCCC2. The Morgan fingerprint density at radius 1 is 1.37 bits per heavy atom. The van der Waals surface area contributed by atoms with Crippen LogP contribution in [0.4, 0.5) is 0 Å². The van der Waals surface area contributed by atoms with E-state index in [4.69, 9.17) is 0 Å². The third-order valence-corrected chi connectivity index (χ3v) is 3.45. The first-order valence-corrected chi connectivity index (χ1v) is 6.58. The standard InChI is InChI=1S/C14H16N4O/c19-14(16-9-10-4-3-7-15-8-10)13-11-5-1-2-6-12(11)17-18-13/h3-4,7-8H,1-2,5-6,9H2,(H,16,19)(H,17,18). The number of nitrogens with one attached hydrogen (secondary N) is 2. The molecule has 3 rings (SSSR count). The van der Waals surface area contributed by atoms with Crippen LogP contribution >= 0.6 is 0 Å². The quantitative estimate of drug-likeness (QED) is 0.876. The molecule has 0 saturated heterocycles. The van der Waals surface area contributed by atoms with Crippen LogP contribution in [-0.4, -0.2) is 21.1 Å². The lowest BCUT2D eigenvalue weighted by molar-refractivity contribution is 0.0945. The summed E-state index contributed by atoms with van der Waals surface area (Å²) in [6.07, 6.45) is 7.72. The van der Waals surface area contributed by atoms with Crippen LogP contribution in [0.3, 0.4) is 0 Å². The van der Waals surface area contributed by atoms with Crippen molar-refractivity contribution in [1.29, 1.82) is 0 Å². The Hall–Kier alpha value is -2.17. The molecule has 5 nitrogen and oxygen atoms in total. The molecule has 1 aliphatic rings. The number of aromatic amines is 1. The lowest BCUT2D eigenvalue weighted by atomic mass is 9.96. The molecule has 0 aromatic carbocycles. The average molecular weight is 256 g/mol. The molecule has 0 spiro atoms. The summed E-state index contributed by atoms with van der Waals surface area (Å²) in [7, 11) is 0.